The first-order valence-electron chi connectivity index (χ1n) is 3.40. The molecule has 3 N–H and O–H groups in total. The molecule has 0 saturated heterocycles. The van der Waals surface area contributed by atoms with Crippen molar-refractivity contribution in [3.05, 3.63) is 34.7 Å². The molecule has 0 radical (unpaired) electrons. The van der Waals surface area contributed by atoms with E-state index in [0.29, 0.717) is 29.3 Å². The van der Waals surface area contributed by atoms with Crippen molar-refractivity contribution >= 4 is 11.6 Å². The maximum Gasteiger partial charge on any atom is 0.0927 e. The smallest absolute Gasteiger partial charge is 0.0927 e. The van der Waals surface area contributed by atoms with Gasteiger partial charge in [-0.3, -0.25) is 0 Å². The summed E-state index contributed by atoms with van der Waals surface area (Å²) in [6.45, 7) is 0. The average Bonchev–Trinajstić information content (AvgIpc) is 1.95. The Balaban J connectivity index is 2.84. The van der Waals surface area contributed by atoms with Gasteiger partial charge in [-0.15, -0.1) is 0 Å². The van der Waals surface area contributed by atoms with Gasteiger partial charge in [0.05, 0.1) is 5.76 Å². The van der Waals surface area contributed by atoms with Gasteiger partial charge in [-0.05, 0) is 24.6 Å². The number of hydrogen-bond donors (Lipinski definition) is 2. The second kappa shape index (κ2) is 3.49. The van der Waals surface area contributed by atoms with Crippen LogP contribution in [-0.2, 0) is 0 Å². The molecule has 1 aliphatic carbocycles. The van der Waals surface area contributed by atoms with Crippen molar-refractivity contribution in [3.8, 4) is 0 Å². The van der Waals surface area contributed by atoms with Gasteiger partial charge in [-0.25, -0.2) is 0 Å². The van der Waals surface area contributed by atoms with Crippen LogP contribution in [0.5, 0.6) is 0 Å². The Labute approximate surface area is 70.7 Å². The summed E-state index contributed by atoms with van der Waals surface area (Å²) in [5.41, 5.74) is 6.25. The van der Waals surface area contributed by atoms with E-state index in [4.69, 9.17) is 22.4 Å². The molecule has 0 heterocycles. The third-order valence-electron chi connectivity index (χ3n) is 1.43. The molecule has 0 spiro atoms. The summed E-state index contributed by atoms with van der Waals surface area (Å²) in [6, 6.07) is 0. The van der Waals surface area contributed by atoms with Gasteiger partial charge in [0.1, 0.15) is 0 Å². The Morgan fingerprint density at radius 3 is 2.82 bits per heavy atom. The molecule has 0 saturated carbocycles. The largest absolute Gasteiger partial charge is 0.512 e. The van der Waals surface area contributed by atoms with Crippen LogP contribution in [-0.4, -0.2) is 5.11 Å². The molecule has 0 amide bonds. The van der Waals surface area contributed by atoms with Crippen molar-refractivity contribution in [3.63, 3.8) is 0 Å². The van der Waals surface area contributed by atoms with Crippen LogP contribution in [0.4, 0.5) is 0 Å². The molecule has 0 aromatic carbocycles. The standard InChI is InChI=1S/C8H10ClNO/c9-6-1-3-8(11)4-2-7(10)5-6/h1,3,5,11H,2,4,10H2/b6-1+,7-5+,8-3+. The van der Waals surface area contributed by atoms with E-state index in [1.54, 1.807) is 18.2 Å². The van der Waals surface area contributed by atoms with Crippen molar-refractivity contribution in [1.82, 2.24) is 0 Å². The lowest BCUT2D eigenvalue weighted by molar-refractivity contribution is 0.388. The zero-order valence-corrected chi connectivity index (χ0v) is 6.80. The predicted molar refractivity (Wildman–Crippen MR) is 46.2 cm³/mol. The summed E-state index contributed by atoms with van der Waals surface area (Å²) in [5, 5.41) is 9.67. The van der Waals surface area contributed by atoms with E-state index in [1.165, 1.54) is 0 Å². The van der Waals surface area contributed by atoms with E-state index in [2.05, 4.69) is 0 Å². The highest BCUT2D eigenvalue weighted by Crippen LogP contribution is 2.14. The lowest BCUT2D eigenvalue weighted by Crippen LogP contribution is -1.99. The molecule has 0 atom stereocenters. The maximum atomic E-state index is 9.12. The summed E-state index contributed by atoms with van der Waals surface area (Å²) < 4.78 is 0. The number of nitrogens with two attached hydrogens (primary N) is 1. The lowest BCUT2D eigenvalue weighted by Gasteiger charge is -2.03. The lowest BCUT2D eigenvalue weighted by atomic mass is 10.1. The van der Waals surface area contributed by atoms with Gasteiger partial charge >= 0.3 is 0 Å². The first-order valence-corrected chi connectivity index (χ1v) is 3.77. The molecule has 0 aromatic heterocycles. The molecule has 1 aliphatic rings. The normalized spacial score (nSPS) is 33.4. The highest BCUT2D eigenvalue weighted by molar-refractivity contribution is 6.31. The third kappa shape index (κ3) is 2.68. The minimum Gasteiger partial charge on any atom is -0.512 e. The fourth-order valence-electron chi connectivity index (χ4n) is 0.829. The van der Waals surface area contributed by atoms with E-state index in [0.717, 1.165) is 0 Å². The molecule has 0 unspecified atom stereocenters. The van der Waals surface area contributed by atoms with Crippen LogP contribution >= 0.6 is 11.6 Å². The molecule has 11 heavy (non-hydrogen) atoms. The van der Waals surface area contributed by atoms with Gasteiger partial charge in [0.2, 0.25) is 0 Å². The van der Waals surface area contributed by atoms with Gasteiger partial charge in [0, 0.05) is 17.2 Å². The van der Waals surface area contributed by atoms with Gasteiger partial charge in [0.15, 0.2) is 0 Å². The highest BCUT2D eigenvalue weighted by Gasteiger charge is 1.99. The van der Waals surface area contributed by atoms with E-state index in [1.807, 2.05) is 0 Å². The molecule has 0 fully saturated rings. The summed E-state index contributed by atoms with van der Waals surface area (Å²) in [6.07, 6.45) is 6.16. The molecule has 0 aromatic rings. The number of halogens is 1. The quantitative estimate of drug-likeness (QED) is 0.587. The van der Waals surface area contributed by atoms with Crippen LogP contribution in [0.2, 0.25) is 0 Å². The second-order valence-corrected chi connectivity index (χ2v) is 2.87. The fraction of sp³-hybridized carbons (Fsp3) is 0.250. The van der Waals surface area contributed by atoms with Crippen molar-refractivity contribution in [1.29, 1.82) is 0 Å². The number of hydrogen-bond acceptors (Lipinski definition) is 2. The molecular weight excluding hydrogens is 162 g/mol. The van der Waals surface area contributed by atoms with Gasteiger partial charge < -0.3 is 10.8 Å². The van der Waals surface area contributed by atoms with Gasteiger partial charge in [-0.1, -0.05) is 11.6 Å². The Morgan fingerprint density at radius 1 is 1.36 bits per heavy atom. The fourth-order valence-corrected chi connectivity index (χ4v) is 1.03. The topological polar surface area (TPSA) is 46.2 Å². The number of aliphatic hydroxyl groups excluding tert-OH is 1. The van der Waals surface area contributed by atoms with Gasteiger partial charge in [-0.2, -0.15) is 0 Å². The summed E-state index contributed by atoms with van der Waals surface area (Å²) in [7, 11) is 0. The number of rotatable bonds is 0. The van der Waals surface area contributed by atoms with E-state index in [9.17, 15) is 0 Å². The zero-order chi connectivity index (χ0) is 8.27. The molecule has 2 nitrogen and oxygen atoms in total. The van der Waals surface area contributed by atoms with Crippen LogP contribution in [0.1, 0.15) is 12.8 Å². The van der Waals surface area contributed by atoms with E-state index < -0.39 is 0 Å². The van der Waals surface area contributed by atoms with Crippen LogP contribution in [0.15, 0.2) is 34.7 Å². The minimum atomic E-state index is 0.319. The summed E-state index contributed by atoms with van der Waals surface area (Å²) in [5.74, 6) is 0.319. The molecule has 3 heteroatoms. The van der Waals surface area contributed by atoms with Crippen molar-refractivity contribution in [2.75, 3.05) is 0 Å². The average molecular weight is 172 g/mol. The van der Waals surface area contributed by atoms with E-state index in [-0.39, 0.29) is 0 Å². The first kappa shape index (κ1) is 8.21. The molecular formula is C8H10ClNO. The Bertz CT molecular complexity index is 240. The molecule has 1 rings (SSSR count). The molecule has 0 bridgehead atoms. The zero-order valence-electron chi connectivity index (χ0n) is 6.05. The Kier molecular flexibility index (Phi) is 2.60. The van der Waals surface area contributed by atoms with Crippen LogP contribution in [0, 0.1) is 0 Å². The Morgan fingerprint density at radius 2 is 2.09 bits per heavy atom. The second-order valence-electron chi connectivity index (χ2n) is 2.43. The third-order valence-corrected chi connectivity index (χ3v) is 1.66. The molecule has 60 valence electrons. The number of allylic oxidation sites excluding steroid dienone is 6. The molecule has 0 aliphatic heterocycles. The van der Waals surface area contributed by atoms with Crippen molar-refractivity contribution in [2.24, 2.45) is 5.73 Å². The van der Waals surface area contributed by atoms with Crippen LogP contribution < -0.4 is 5.73 Å². The van der Waals surface area contributed by atoms with Crippen LogP contribution in [0.25, 0.3) is 0 Å². The number of aliphatic hydroxyl groups is 1. The summed E-state index contributed by atoms with van der Waals surface area (Å²) in [4.78, 5) is 0. The minimum absolute atomic E-state index is 0.319. The first-order chi connectivity index (χ1) is 5.18. The SMILES string of the molecule is N/C1=C/C(Cl)=C\C=C(\O)CC1. The Hall–Kier alpha value is -0.890. The predicted octanol–water partition coefficient (Wildman–Crippen LogP) is 2.19. The van der Waals surface area contributed by atoms with Gasteiger partial charge in [0.25, 0.3) is 0 Å². The maximum absolute atomic E-state index is 9.12. The monoisotopic (exact) mass is 171 g/mol. The van der Waals surface area contributed by atoms with Crippen molar-refractivity contribution < 1.29 is 5.11 Å². The summed E-state index contributed by atoms with van der Waals surface area (Å²) >= 11 is 5.70. The van der Waals surface area contributed by atoms with Crippen molar-refractivity contribution in [2.45, 2.75) is 12.8 Å². The highest BCUT2D eigenvalue weighted by atomic mass is 35.5. The van der Waals surface area contributed by atoms with Crippen LogP contribution in [0.3, 0.4) is 0 Å². The van der Waals surface area contributed by atoms with E-state index >= 15 is 0 Å².